The van der Waals surface area contributed by atoms with Gasteiger partial charge in [-0.3, -0.25) is 4.79 Å². The van der Waals surface area contributed by atoms with Gasteiger partial charge in [0.05, 0.1) is 21.3 Å². The predicted octanol–water partition coefficient (Wildman–Crippen LogP) is 5.67. The molecule has 0 aliphatic rings. The third kappa shape index (κ3) is 4.92. The maximum atomic E-state index is 13.9. The lowest BCUT2D eigenvalue weighted by atomic mass is 9.95. The molecule has 7 heteroatoms. The molecule has 0 aliphatic carbocycles. The molecule has 3 rings (SSSR count). The average molecular weight is 480 g/mol. The molecule has 0 heterocycles. The van der Waals surface area contributed by atoms with E-state index in [1.165, 1.54) is 21.3 Å². The molecule has 34 heavy (non-hydrogen) atoms. The Hall–Kier alpha value is -3.37. The summed E-state index contributed by atoms with van der Waals surface area (Å²) in [6.07, 6.45) is 0. The van der Waals surface area contributed by atoms with Crippen molar-refractivity contribution in [1.29, 1.82) is 0 Å². The molecule has 0 fully saturated rings. The fraction of sp³-hybridized carbons (Fsp3) is 0.259. The van der Waals surface area contributed by atoms with E-state index in [9.17, 15) is 9.59 Å². The zero-order valence-corrected chi connectivity index (χ0v) is 21.4. The average Bonchev–Trinajstić information content (AvgIpc) is 2.85. The summed E-state index contributed by atoms with van der Waals surface area (Å²) in [5.74, 6) is 0.220. The summed E-state index contributed by atoms with van der Waals surface area (Å²) in [4.78, 5) is 27.4. The van der Waals surface area contributed by atoms with Crippen LogP contribution in [0.2, 0.25) is 0 Å². The van der Waals surface area contributed by atoms with Crippen molar-refractivity contribution in [2.45, 2.75) is 27.7 Å². The van der Waals surface area contributed by atoms with E-state index in [0.717, 1.165) is 22.3 Å². The highest BCUT2D eigenvalue weighted by atomic mass is 31.1. The highest BCUT2D eigenvalue weighted by molar-refractivity contribution is 7.78. The van der Waals surface area contributed by atoms with Crippen LogP contribution in [-0.2, 0) is 4.52 Å². The van der Waals surface area contributed by atoms with Crippen molar-refractivity contribution >= 4 is 24.9 Å². The summed E-state index contributed by atoms with van der Waals surface area (Å²) in [5.41, 5.74) is 4.35. The van der Waals surface area contributed by atoms with Crippen LogP contribution in [0.4, 0.5) is 0 Å². The van der Waals surface area contributed by atoms with Crippen molar-refractivity contribution in [3.63, 3.8) is 0 Å². The van der Waals surface area contributed by atoms with Gasteiger partial charge >= 0.3 is 5.97 Å². The summed E-state index contributed by atoms with van der Waals surface area (Å²) >= 11 is 0. The third-order valence-electron chi connectivity index (χ3n) is 5.84. The molecule has 0 N–H and O–H groups in total. The Balaban J connectivity index is 2.11. The topological polar surface area (TPSA) is 71.1 Å². The van der Waals surface area contributed by atoms with Gasteiger partial charge in [0.25, 0.3) is 0 Å². The molecule has 1 atom stereocenters. The van der Waals surface area contributed by atoms with Gasteiger partial charge in [-0.15, -0.1) is 0 Å². The van der Waals surface area contributed by atoms with Gasteiger partial charge in [-0.2, -0.15) is 0 Å². The largest absolute Gasteiger partial charge is 0.496 e. The van der Waals surface area contributed by atoms with Crippen molar-refractivity contribution in [2.24, 2.45) is 0 Å². The fourth-order valence-electron chi connectivity index (χ4n) is 3.83. The second-order valence-electron chi connectivity index (χ2n) is 7.86. The Morgan fingerprint density at radius 2 is 1.29 bits per heavy atom. The maximum Gasteiger partial charge on any atom is 0.349 e. The van der Waals surface area contributed by atoms with Gasteiger partial charge in [0, 0.05) is 23.0 Å². The first kappa shape index (κ1) is 25.3. The molecule has 3 aromatic rings. The van der Waals surface area contributed by atoms with E-state index in [4.69, 9.17) is 18.7 Å². The zero-order valence-electron chi connectivity index (χ0n) is 20.5. The number of hydrogen-bond acceptors (Lipinski definition) is 6. The lowest BCUT2D eigenvalue weighted by Crippen LogP contribution is -2.18. The number of ether oxygens (including phenoxy) is 3. The van der Waals surface area contributed by atoms with E-state index < -0.39 is 14.1 Å². The molecule has 3 aromatic carbocycles. The third-order valence-corrected chi connectivity index (χ3v) is 7.55. The van der Waals surface area contributed by atoms with Crippen LogP contribution in [-0.4, -0.2) is 32.8 Å². The number of benzene rings is 3. The Bertz CT molecular complexity index is 1190. The van der Waals surface area contributed by atoms with Crippen molar-refractivity contribution in [2.75, 3.05) is 21.3 Å². The van der Waals surface area contributed by atoms with Crippen molar-refractivity contribution in [3.8, 4) is 17.2 Å². The Morgan fingerprint density at radius 3 is 1.82 bits per heavy atom. The molecule has 0 aromatic heterocycles. The van der Waals surface area contributed by atoms with E-state index in [2.05, 4.69) is 0 Å². The molecular formula is C27H29O6P. The number of carbonyl (C=O) groups is 2. The lowest BCUT2D eigenvalue weighted by molar-refractivity contribution is 0.0740. The van der Waals surface area contributed by atoms with Crippen molar-refractivity contribution < 1.29 is 28.3 Å². The molecule has 0 spiro atoms. The summed E-state index contributed by atoms with van der Waals surface area (Å²) in [6, 6.07) is 14.2. The standard InChI is InChI=1S/C27H29O6P/c1-16-13-17(2)24(19(4)18(16)3)27(29)34(21-11-9-8-10-12-21)33-26(28)25-22(31-6)14-20(30-5)15-23(25)32-7/h8-15H,1-7H3. The summed E-state index contributed by atoms with van der Waals surface area (Å²) in [6.45, 7) is 7.84. The Kier molecular flexibility index (Phi) is 7.95. The van der Waals surface area contributed by atoms with Gasteiger partial charge in [-0.25, -0.2) is 4.79 Å². The first-order valence-corrected chi connectivity index (χ1v) is 12.0. The van der Waals surface area contributed by atoms with E-state index in [0.29, 0.717) is 16.6 Å². The maximum absolute atomic E-state index is 13.9. The second kappa shape index (κ2) is 10.7. The number of hydrogen-bond donors (Lipinski definition) is 0. The number of methoxy groups -OCH3 is 3. The van der Waals surface area contributed by atoms with Crippen molar-refractivity contribution in [3.05, 3.63) is 81.9 Å². The molecule has 0 saturated heterocycles. The van der Waals surface area contributed by atoms with Crippen LogP contribution in [0.1, 0.15) is 43.0 Å². The van der Waals surface area contributed by atoms with Gasteiger partial charge in [0.15, 0.2) is 8.15 Å². The SMILES string of the molecule is COc1cc(OC)c(C(=O)OP(C(=O)c2c(C)cc(C)c(C)c2C)c2ccccc2)c(OC)c1. The summed E-state index contributed by atoms with van der Waals surface area (Å²) < 4.78 is 22.0. The molecular weight excluding hydrogens is 451 g/mol. The zero-order chi connectivity index (χ0) is 25.0. The fourth-order valence-corrected chi connectivity index (χ4v) is 5.50. The van der Waals surface area contributed by atoms with Crippen LogP contribution in [0.3, 0.4) is 0 Å². The van der Waals surface area contributed by atoms with E-state index in [-0.39, 0.29) is 22.6 Å². The van der Waals surface area contributed by atoms with E-state index >= 15 is 0 Å². The van der Waals surface area contributed by atoms with E-state index in [1.54, 1.807) is 24.3 Å². The van der Waals surface area contributed by atoms with E-state index in [1.807, 2.05) is 52.0 Å². The Labute approximate surface area is 201 Å². The summed E-state index contributed by atoms with van der Waals surface area (Å²) in [5, 5.41) is 0.638. The van der Waals surface area contributed by atoms with Gasteiger partial charge < -0.3 is 18.7 Å². The van der Waals surface area contributed by atoms with Gasteiger partial charge in [-0.1, -0.05) is 36.4 Å². The Morgan fingerprint density at radius 1 is 0.706 bits per heavy atom. The molecule has 6 nitrogen and oxygen atoms in total. The summed E-state index contributed by atoms with van der Waals surface area (Å²) in [7, 11) is 2.40. The molecule has 0 radical (unpaired) electrons. The molecule has 1 unspecified atom stereocenters. The molecule has 0 aliphatic heterocycles. The smallest absolute Gasteiger partial charge is 0.349 e. The number of carbonyl (C=O) groups excluding carboxylic acids is 2. The number of aryl methyl sites for hydroxylation is 2. The normalized spacial score (nSPS) is 11.5. The monoisotopic (exact) mass is 480 g/mol. The predicted molar refractivity (Wildman–Crippen MR) is 134 cm³/mol. The minimum atomic E-state index is -1.99. The molecule has 0 bridgehead atoms. The van der Waals surface area contributed by atoms with Crippen LogP contribution < -0.4 is 19.5 Å². The number of rotatable bonds is 8. The lowest BCUT2D eigenvalue weighted by Gasteiger charge is -2.21. The van der Waals surface area contributed by atoms with Gasteiger partial charge in [0.2, 0.25) is 5.52 Å². The van der Waals surface area contributed by atoms with Crippen LogP contribution in [0.5, 0.6) is 17.2 Å². The first-order chi connectivity index (χ1) is 16.2. The van der Waals surface area contributed by atoms with Crippen LogP contribution in [0, 0.1) is 27.7 Å². The molecule has 0 amide bonds. The quantitative estimate of drug-likeness (QED) is 0.387. The van der Waals surface area contributed by atoms with Gasteiger partial charge in [0.1, 0.15) is 22.8 Å². The highest BCUT2D eigenvalue weighted by Gasteiger charge is 2.32. The molecule has 178 valence electrons. The minimum absolute atomic E-state index is 0.0931. The second-order valence-corrected chi connectivity index (χ2v) is 9.55. The van der Waals surface area contributed by atoms with Crippen LogP contribution >= 0.6 is 8.15 Å². The van der Waals surface area contributed by atoms with Crippen LogP contribution in [0.25, 0.3) is 0 Å². The minimum Gasteiger partial charge on any atom is -0.496 e. The van der Waals surface area contributed by atoms with Crippen molar-refractivity contribution in [1.82, 2.24) is 0 Å². The van der Waals surface area contributed by atoms with Crippen LogP contribution in [0.15, 0.2) is 48.5 Å². The first-order valence-electron chi connectivity index (χ1n) is 10.7. The van der Waals surface area contributed by atoms with Gasteiger partial charge in [-0.05, 0) is 49.9 Å². The molecule has 0 saturated carbocycles. The highest BCUT2D eigenvalue weighted by Crippen LogP contribution is 2.45.